The first-order valence-corrected chi connectivity index (χ1v) is 11.9. The zero-order chi connectivity index (χ0) is 28.5. The predicted molar refractivity (Wildman–Crippen MR) is 149 cm³/mol. The zero-order valence-corrected chi connectivity index (χ0v) is 22.9. The first-order valence-electron chi connectivity index (χ1n) is 11.5. The van der Waals surface area contributed by atoms with Gasteiger partial charge in [0.25, 0.3) is 0 Å². The summed E-state index contributed by atoms with van der Waals surface area (Å²) in [7, 11) is 0. The summed E-state index contributed by atoms with van der Waals surface area (Å²) < 4.78 is 40.9. The van der Waals surface area contributed by atoms with Gasteiger partial charge in [0.1, 0.15) is 12.7 Å². The Hall–Kier alpha value is -3.94. The van der Waals surface area contributed by atoms with Crippen molar-refractivity contribution in [1.82, 2.24) is 19.5 Å². The van der Waals surface area contributed by atoms with Gasteiger partial charge in [0.15, 0.2) is 17.0 Å². The van der Waals surface area contributed by atoms with Crippen molar-refractivity contribution in [2.75, 3.05) is 16.0 Å². The van der Waals surface area contributed by atoms with E-state index in [0.29, 0.717) is 22.5 Å². The second kappa shape index (κ2) is 11.7. The van der Waals surface area contributed by atoms with Gasteiger partial charge in [-0.1, -0.05) is 32.4 Å². The predicted octanol–water partition coefficient (Wildman–Crippen LogP) is 5.87. The van der Waals surface area contributed by atoms with Crippen LogP contribution in [0.15, 0.2) is 55.1 Å². The van der Waals surface area contributed by atoms with Crippen LogP contribution in [0.25, 0.3) is 16.9 Å². The number of aromatic nitrogens is 4. The molecule has 0 saturated carbocycles. The molecule has 0 aliphatic carbocycles. The summed E-state index contributed by atoms with van der Waals surface area (Å²) in [4.78, 5) is 37.6. The highest BCUT2D eigenvalue weighted by molar-refractivity contribution is 6.31. The highest BCUT2D eigenvalue weighted by Gasteiger charge is 2.33. The third-order valence-electron chi connectivity index (χ3n) is 5.72. The summed E-state index contributed by atoms with van der Waals surface area (Å²) in [5.41, 5.74) is 6.25. The molecular weight excluding hydrogens is 572 g/mol. The molecule has 0 aliphatic heterocycles. The van der Waals surface area contributed by atoms with E-state index in [4.69, 9.17) is 17.3 Å². The number of hydrogen-bond acceptors (Lipinski definition) is 6. The highest BCUT2D eigenvalue weighted by Crippen LogP contribution is 2.36. The van der Waals surface area contributed by atoms with E-state index < -0.39 is 40.2 Å². The molecule has 0 unspecified atom stereocenters. The number of carbonyl (C=O) groups excluding carboxylic acids is 2. The average Bonchev–Trinajstić information content (AvgIpc) is 3.29. The fraction of sp³-hybridized carbons (Fsp3) is 0.240. The number of nitrogens with one attached hydrogen (secondary N) is 3. The van der Waals surface area contributed by atoms with Gasteiger partial charge < -0.3 is 21.7 Å². The van der Waals surface area contributed by atoms with Crippen molar-refractivity contribution < 1.29 is 22.8 Å². The van der Waals surface area contributed by atoms with E-state index in [0.717, 1.165) is 12.1 Å². The molecule has 2 aromatic carbocycles. The molecule has 5 N–H and O–H groups in total. The summed E-state index contributed by atoms with van der Waals surface area (Å²) in [5, 5.41) is 7.14. The van der Waals surface area contributed by atoms with E-state index in [-0.39, 0.29) is 23.9 Å². The summed E-state index contributed by atoms with van der Waals surface area (Å²) in [6.45, 7) is 5.56. The molecule has 0 fully saturated rings. The van der Waals surface area contributed by atoms with Crippen LogP contribution in [0, 0.1) is 5.41 Å². The van der Waals surface area contributed by atoms with Gasteiger partial charge in [-0.25, -0.2) is 19.7 Å². The molecule has 3 amide bonds. The summed E-state index contributed by atoms with van der Waals surface area (Å²) in [5.74, 6) is -0.187. The van der Waals surface area contributed by atoms with Gasteiger partial charge in [-0.15, -0.1) is 12.4 Å². The number of anilines is 3. The summed E-state index contributed by atoms with van der Waals surface area (Å²) >= 11 is 5.61. The number of alkyl halides is 3. The number of nitrogens with two attached hydrogens (primary N) is 1. The molecule has 212 valence electrons. The maximum Gasteiger partial charge on any atom is 0.417 e. The Balaban J connectivity index is 0.00000441. The average molecular weight is 597 g/mol. The number of hydrogen-bond donors (Lipinski definition) is 4. The van der Waals surface area contributed by atoms with Gasteiger partial charge in [0, 0.05) is 17.1 Å². The molecule has 10 nitrogen and oxygen atoms in total. The number of fused-ring (bicyclic) bond motifs is 1. The minimum Gasteiger partial charge on any atom is -0.319 e. The Bertz CT molecular complexity index is 1540. The number of amides is 3. The molecule has 2 aromatic heterocycles. The van der Waals surface area contributed by atoms with E-state index >= 15 is 0 Å². The second-order valence-corrected chi connectivity index (χ2v) is 10.1. The van der Waals surface area contributed by atoms with Gasteiger partial charge in [-0.2, -0.15) is 13.2 Å². The number of carbonyl (C=O) groups is 2. The number of imidazole rings is 1. The molecular formula is C25H25Cl2F3N8O2. The second-order valence-electron chi connectivity index (χ2n) is 9.66. The van der Waals surface area contributed by atoms with E-state index in [1.165, 1.54) is 18.7 Å². The minimum absolute atomic E-state index is 0. The smallest absolute Gasteiger partial charge is 0.319 e. The van der Waals surface area contributed by atoms with E-state index in [1.54, 1.807) is 28.8 Å². The maximum atomic E-state index is 13.1. The van der Waals surface area contributed by atoms with Gasteiger partial charge in [0.05, 0.1) is 16.6 Å². The van der Waals surface area contributed by atoms with Crippen LogP contribution in [0.5, 0.6) is 0 Å². The van der Waals surface area contributed by atoms with E-state index in [2.05, 4.69) is 30.9 Å². The molecule has 0 saturated heterocycles. The number of nitrogens with zero attached hydrogens (tertiary/aromatic N) is 4. The van der Waals surface area contributed by atoms with Crippen molar-refractivity contribution in [3.63, 3.8) is 0 Å². The number of benzene rings is 2. The lowest BCUT2D eigenvalue weighted by Crippen LogP contribution is -2.45. The topological polar surface area (TPSA) is 140 Å². The largest absolute Gasteiger partial charge is 0.417 e. The van der Waals surface area contributed by atoms with Gasteiger partial charge in [-0.3, -0.25) is 9.36 Å². The highest BCUT2D eigenvalue weighted by atomic mass is 35.5. The molecule has 1 atom stereocenters. The van der Waals surface area contributed by atoms with Gasteiger partial charge >= 0.3 is 12.2 Å². The van der Waals surface area contributed by atoms with Crippen molar-refractivity contribution in [3.8, 4) is 5.69 Å². The Morgan fingerprint density at radius 3 is 2.20 bits per heavy atom. The zero-order valence-electron chi connectivity index (χ0n) is 21.4. The van der Waals surface area contributed by atoms with Crippen LogP contribution in [-0.4, -0.2) is 37.5 Å². The van der Waals surface area contributed by atoms with Crippen LogP contribution < -0.4 is 21.7 Å². The SMILES string of the molecule is CC(C)(C)[C@H](N)C(=O)Nc1ncnc2c1ncn2-c1ccc(NC(=O)Nc2ccc(Cl)c(C(F)(F)F)c2)cc1.Cl. The van der Waals surface area contributed by atoms with Gasteiger partial charge in [0.2, 0.25) is 5.91 Å². The van der Waals surface area contributed by atoms with Crippen molar-refractivity contribution >= 4 is 64.3 Å². The fourth-order valence-corrected chi connectivity index (χ4v) is 3.75. The van der Waals surface area contributed by atoms with Crippen molar-refractivity contribution in [2.45, 2.75) is 33.0 Å². The van der Waals surface area contributed by atoms with Crippen LogP contribution in [0.2, 0.25) is 5.02 Å². The van der Waals surface area contributed by atoms with Crippen LogP contribution in [0.1, 0.15) is 26.3 Å². The molecule has 4 rings (SSSR count). The fourth-order valence-electron chi connectivity index (χ4n) is 3.52. The lowest BCUT2D eigenvalue weighted by molar-refractivity contribution is -0.137. The number of halogens is 5. The first kappa shape index (κ1) is 30.6. The van der Waals surface area contributed by atoms with Crippen LogP contribution in [-0.2, 0) is 11.0 Å². The number of urea groups is 1. The standard InChI is InChI=1S/C25H24ClF3N8O2.ClH/c1-24(2,3)19(30)22(38)36-20-18-21(32-11-31-20)37(12-33-18)15-7-4-13(5-8-15)34-23(39)35-14-6-9-17(26)16(10-14)25(27,28)29;/h4-12,19H,30H2,1-3H3,(H2,34,35,39)(H,31,32,36,38);1H/t19-;/m1./s1. The number of rotatable bonds is 5. The molecule has 2 heterocycles. The Kier molecular flexibility index (Phi) is 8.92. The lowest BCUT2D eigenvalue weighted by Gasteiger charge is -2.25. The summed E-state index contributed by atoms with van der Waals surface area (Å²) in [6.07, 6.45) is -1.86. The van der Waals surface area contributed by atoms with Crippen molar-refractivity contribution in [3.05, 3.63) is 65.7 Å². The minimum atomic E-state index is -4.66. The third kappa shape index (κ3) is 6.79. The van der Waals surface area contributed by atoms with Crippen LogP contribution >= 0.6 is 24.0 Å². The summed E-state index contributed by atoms with van der Waals surface area (Å²) in [6, 6.07) is 8.11. The molecule has 40 heavy (non-hydrogen) atoms. The van der Waals surface area contributed by atoms with Crippen LogP contribution in [0.4, 0.5) is 35.2 Å². The van der Waals surface area contributed by atoms with E-state index in [9.17, 15) is 22.8 Å². The van der Waals surface area contributed by atoms with Gasteiger partial charge in [-0.05, 0) is 47.9 Å². The third-order valence-corrected chi connectivity index (χ3v) is 6.05. The lowest BCUT2D eigenvalue weighted by atomic mass is 9.87. The van der Waals surface area contributed by atoms with Crippen LogP contribution in [0.3, 0.4) is 0 Å². The molecule has 4 aromatic rings. The maximum absolute atomic E-state index is 13.1. The monoisotopic (exact) mass is 596 g/mol. The molecule has 0 radical (unpaired) electrons. The molecule has 0 spiro atoms. The van der Waals surface area contributed by atoms with Crippen molar-refractivity contribution in [2.24, 2.45) is 11.1 Å². The Morgan fingerprint density at radius 1 is 0.950 bits per heavy atom. The normalized spacial score (nSPS) is 12.4. The molecule has 0 aliphatic rings. The molecule has 15 heteroatoms. The Morgan fingerprint density at radius 2 is 1.57 bits per heavy atom. The molecule has 0 bridgehead atoms. The first-order chi connectivity index (χ1) is 18.2. The van der Waals surface area contributed by atoms with E-state index in [1.807, 2.05) is 20.8 Å². The Labute approximate surface area is 237 Å². The quantitative estimate of drug-likeness (QED) is 0.227. The van der Waals surface area contributed by atoms with Crippen molar-refractivity contribution in [1.29, 1.82) is 0 Å².